The molecule has 1 saturated carbocycles. The van der Waals surface area contributed by atoms with Crippen LogP contribution in [0.1, 0.15) is 51.0 Å². The summed E-state index contributed by atoms with van der Waals surface area (Å²) in [5.41, 5.74) is 1.05. The van der Waals surface area contributed by atoms with E-state index >= 15 is 0 Å². The van der Waals surface area contributed by atoms with Gasteiger partial charge in [-0.25, -0.2) is 0 Å². The number of carbonyl (C=O) groups is 1. The fourth-order valence-corrected chi connectivity index (χ4v) is 8.79. The Kier molecular flexibility index (Phi) is 8.36. The second-order valence-corrected chi connectivity index (χ2v) is 12.6. The van der Waals surface area contributed by atoms with Crippen molar-refractivity contribution < 1.29 is 14.3 Å². The zero-order valence-electron chi connectivity index (χ0n) is 20.2. The zero-order valence-corrected chi connectivity index (χ0v) is 21.2. The van der Waals surface area contributed by atoms with Crippen molar-refractivity contribution in [2.24, 2.45) is 11.8 Å². The van der Waals surface area contributed by atoms with Crippen LogP contribution in [0.4, 0.5) is 0 Å². The Labute approximate surface area is 204 Å². The molecule has 0 bridgehead atoms. The average Bonchev–Trinajstić information content (AvgIpc) is 2.90. The zero-order chi connectivity index (χ0) is 23.8. The molecule has 1 atom stereocenters. The summed E-state index contributed by atoms with van der Waals surface area (Å²) in [4.78, 5) is 25.6. The summed E-state index contributed by atoms with van der Waals surface area (Å²) in [7, 11) is -3.25. The van der Waals surface area contributed by atoms with Crippen LogP contribution in [-0.2, 0) is 16.0 Å². The SMILES string of the molecule is CCOC(=O)C(Cc1ccccc1[Si](O)(c1ccccc1)c1ccccc1)CC1CCCCC1. The number of carbonyl (C=O) groups excluding carboxylic acids is 1. The van der Waals surface area contributed by atoms with Gasteiger partial charge in [0.25, 0.3) is 8.32 Å². The Balaban J connectivity index is 1.74. The fourth-order valence-electron chi connectivity index (χ4n) is 5.50. The molecule has 0 radical (unpaired) electrons. The van der Waals surface area contributed by atoms with Gasteiger partial charge in [0.05, 0.1) is 12.5 Å². The van der Waals surface area contributed by atoms with E-state index in [1.807, 2.05) is 79.7 Å². The molecule has 4 rings (SSSR count). The van der Waals surface area contributed by atoms with E-state index in [1.54, 1.807) is 0 Å². The molecule has 4 heteroatoms. The Morgan fingerprint density at radius 1 is 0.882 bits per heavy atom. The van der Waals surface area contributed by atoms with E-state index in [1.165, 1.54) is 32.1 Å². The standard InChI is InChI=1S/C30H36O3Si/c1-2-33-30(31)26(22-24-14-6-3-7-15-24)23-25-16-12-13-21-29(25)34(32,27-17-8-4-9-18-27)28-19-10-5-11-20-28/h4-5,8-13,16-21,24,26,32H,2-3,6-7,14-15,22-23H2,1H3. The summed E-state index contributed by atoms with van der Waals surface area (Å²) in [6.45, 7) is 2.27. The summed E-state index contributed by atoms with van der Waals surface area (Å²) in [6.07, 6.45) is 7.67. The largest absolute Gasteiger partial charge is 0.466 e. The average molecular weight is 473 g/mol. The molecular formula is C30H36O3Si. The van der Waals surface area contributed by atoms with E-state index < -0.39 is 8.32 Å². The minimum atomic E-state index is -3.25. The minimum absolute atomic E-state index is 0.104. The first-order valence-electron chi connectivity index (χ1n) is 12.7. The van der Waals surface area contributed by atoms with Crippen LogP contribution in [-0.4, -0.2) is 25.7 Å². The number of hydrogen-bond acceptors (Lipinski definition) is 3. The second-order valence-electron chi connectivity index (χ2n) is 9.49. The van der Waals surface area contributed by atoms with E-state index in [2.05, 4.69) is 12.1 Å². The molecular weight excluding hydrogens is 436 g/mol. The van der Waals surface area contributed by atoms with E-state index in [0.29, 0.717) is 18.9 Å². The van der Waals surface area contributed by atoms with E-state index in [9.17, 15) is 9.59 Å². The lowest BCUT2D eigenvalue weighted by Gasteiger charge is -2.30. The van der Waals surface area contributed by atoms with Gasteiger partial charge in [0, 0.05) is 0 Å². The minimum Gasteiger partial charge on any atom is -0.466 e. The number of rotatable bonds is 9. The summed E-state index contributed by atoms with van der Waals surface area (Å²) in [5, 5.41) is 2.87. The van der Waals surface area contributed by atoms with Crippen molar-refractivity contribution in [3.05, 3.63) is 90.5 Å². The number of esters is 1. The molecule has 178 valence electrons. The molecule has 1 N–H and O–H groups in total. The Bertz CT molecular complexity index is 1010. The molecule has 3 nitrogen and oxygen atoms in total. The van der Waals surface area contributed by atoms with Crippen molar-refractivity contribution in [3.8, 4) is 0 Å². The summed E-state index contributed by atoms with van der Waals surface area (Å²) >= 11 is 0. The first-order valence-corrected chi connectivity index (χ1v) is 14.7. The maximum absolute atomic E-state index is 13.0. The van der Waals surface area contributed by atoms with Crippen LogP contribution < -0.4 is 15.6 Å². The van der Waals surface area contributed by atoms with Gasteiger partial charge in [-0.05, 0) is 46.8 Å². The van der Waals surface area contributed by atoms with E-state index in [0.717, 1.165) is 27.5 Å². The van der Waals surface area contributed by atoms with Gasteiger partial charge < -0.3 is 9.53 Å². The first kappa shape index (κ1) is 24.4. The third-order valence-corrected chi connectivity index (χ3v) is 10.8. The first-order chi connectivity index (χ1) is 16.6. The van der Waals surface area contributed by atoms with Crippen molar-refractivity contribution in [2.75, 3.05) is 6.61 Å². The Hall–Kier alpha value is -2.69. The smallest absolute Gasteiger partial charge is 0.309 e. The van der Waals surface area contributed by atoms with Gasteiger partial charge >= 0.3 is 5.97 Å². The van der Waals surface area contributed by atoms with Crippen LogP contribution in [0.15, 0.2) is 84.9 Å². The maximum Gasteiger partial charge on any atom is 0.309 e. The lowest BCUT2D eigenvalue weighted by atomic mass is 9.81. The molecule has 34 heavy (non-hydrogen) atoms. The monoisotopic (exact) mass is 472 g/mol. The van der Waals surface area contributed by atoms with Gasteiger partial charge in [-0.1, -0.05) is 117 Å². The molecule has 1 unspecified atom stereocenters. The highest BCUT2D eigenvalue weighted by molar-refractivity contribution is 7.06. The van der Waals surface area contributed by atoms with Crippen LogP contribution in [0.3, 0.4) is 0 Å². The van der Waals surface area contributed by atoms with E-state index in [-0.39, 0.29) is 11.9 Å². The molecule has 0 amide bonds. The van der Waals surface area contributed by atoms with Gasteiger partial charge in [-0.15, -0.1) is 0 Å². The summed E-state index contributed by atoms with van der Waals surface area (Å²) in [6, 6.07) is 28.2. The molecule has 3 aromatic carbocycles. The van der Waals surface area contributed by atoms with Crippen LogP contribution >= 0.6 is 0 Å². The van der Waals surface area contributed by atoms with Gasteiger partial charge in [0.2, 0.25) is 0 Å². The number of benzene rings is 3. The highest BCUT2D eigenvalue weighted by Gasteiger charge is 2.40. The molecule has 1 fully saturated rings. The normalized spacial score (nSPS) is 15.6. The Morgan fingerprint density at radius 2 is 1.44 bits per heavy atom. The van der Waals surface area contributed by atoms with Gasteiger partial charge in [-0.2, -0.15) is 0 Å². The van der Waals surface area contributed by atoms with Crippen LogP contribution in [0.5, 0.6) is 0 Å². The predicted molar refractivity (Wildman–Crippen MR) is 141 cm³/mol. The van der Waals surface area contributed by atoms with Crippen molar-refractivity contribution in [1.29, 1.82) is 0 Å². The van der Waals surface area contributed by atoms with Gasteiger partial charge in [0.15, 0.2) is 0 Å². The lowest BCUT2D eigenvalue weighted by molar-refractivity contribution is -0.148. The Morgan fingerprint density at radius 3 is 2.03 bits per heavy atom. The maximum atomic E-state index is 13.0. The highest BCUT2D eigenvalue weighted by Crippen LogP contribution is 2.31. The van der Waals surface area contributed by atoms with Crippen molar-refractivity contribution >= 4 is 29.8 Å². The topological polar surface area (TPSA) is 46.5 Å². The molecule has 3 aromatic rings. The third kappa shape index (κ3) is 5.51. The third-order valence-electron chi connectivity index (χ3n) is 7.22. The molecule has 0 saturated heterocycles. The second kappa shape index (κ2) is 11.6. The molecule has 0 heterocycles. The van der Waals surface area contributed by atoms with Crippen LogP contribution in [0.2, 0.25) is 0 Å². The fraction of sp³-hybridized carbons (Fsp3) is 0.367. The molecule has 0 aromatic heterocycles. The predicted octanol–water partition coefficient (Wildman–Crippen LogP) is 4.34. The quantitative estimate of drug-likeness (QED) is 0.286. The van der Waals surface area contributed by atoms with Gasteiger partial charge in [0.1, 0.15) is 0 Å². The van der Waals surface area contributed by atoms with Crippen LogP contribution in [0.25, 0.3) is 0 Å². The highest BCUT2D eigenvalue weighted by atomic mass is 28.4. The molecule has 0 aliphatic heterocycles. The molecule has 1 aliphatic rings. The summed E-state index contributed by atoms with van der Waals surface area (Å²) < 4.78 is 5.52. The van der Waals surface area contributed by atoms with Crippen molar-refractivity contribution in [2.45, 2.75) is 51.9 Å². The number of ether oxygens (including phenoxy) is 1. The summed E-state index contributed by atoms with van der Waals surface area (Å²) in [5.74, 6) is 0.288. The van der Waals surface area contributed by atoms with Crippen molar-refractivity contribution in [3.63, 3.8) is 0 Å². The number of hydrogen-bond donors (Lipinski definition) is 1. The van der Waals surface area contributed by atoms with E-state index in [4.69, 9.17) is 4.74 Å². The van der Waals surface area contributed by atoms with Gasteiger partial charge in [-0.3, -0.25) is 4.79 Å². The molecule has 1 aliphatic carbocycles. The van der Waals surface area contributed by atoms with Crippen LogP contribution in [0, 0.1) is 11.8 Å². The van der Waals surface area contributed by atoms with Crippen molar-refractivity contribution in [1.82, 2.24) is 0 Å². The molecule has 0 spiro atoms. The lowest BCUT2D eigenvalue weighted by Crippen LogP contribution is -2.68.